The van der Waals surface area contributed by atoms with Crippen molar-refractivity contribution >= 4 is 28.0 Å². The molecule has 0 aliphatic carbocycles. The Morgan fingerprint density at radius 1 is 1.10 bits per heavy atom. The second kappa shape index (κ2) is 5.32. The first-order valence-electron chi connectivity index (χ1n) is 6.74. The van der Waals surface area contributed by atoms with Gasteiger partial charge in [0.25, 0.3) is 0 Å². The van der Waals surface area contributed by atoms with Crippen molar-refractivity contribution in [3.8, 4) is 5.75 Å². The van der Waals surface area contributed by atoms with E-state index in [-0.39, 0.29) is 0 Å². The molecule has 0 unspecified atom stereocenters. The van der Waals surface area contributed by atoms with E-state index in [1.807, 2.05) is 55.5 Å². The Balaban J connectivity index is 2.11. The van der Waals surface area contributed by atoms with Crippen molar-refractivity contribution in [2.45, 2.75) is 6.92 Å². The SMILES string of the molecule is COc1ccc2nc(C)cc(Nc3cccc(N)c3)c2c1. The van der Waals surface area contributed by atoms with Gasteiger partial charge in [0.1, 0.15) is 5.75 Å². The number of aromatic nitrogens is 1. The lowest BCUT2D eigenvalue weighted by molar-refractivity contribution is 0.415. The fourth-order valence-corrected chi connectivity index (χ4v) is 2.34. The molecule has 3 aromatic rings. The summed E-state index contributed by atoms with van der Waals surface area (Å²) in [4.78, 5) is 4.55. The number of ether oxygens (including phenoxy) is 1. The predicted octanol–water partition coefficient (Wildman–Crippen LogP) is 3.88. The van der Waals surface area contributed by atoms with Crippen LogP contribution in [0.1, 0.15) is 5.69 Å². The number of nitrogen functional groups attached to an aromatic ring is 1. The second-order valence-electron chi connectivity index (χ2n) is 4.94. The minimum absolute atomic E-state index is 0.729. The minimum Gasteiger partial charge on any atom is -0.497 e. The molecule has 0 atom stereocenters. The van der Waals surface area contributed by atoms with Gasteiger partial charge < -0.3 is 15.8 Å². The quantitative estimate of drug-likeness (QED) is 0.714. The van der Waals surface area contributed by atoms with Crippen molar-refractivity contribution in [1.82, 2.24) is 4.98 Å². The zero-order valence-corrected chi connectivity index (χ0v) is 12.1. The van der Waals surface area contributed by atoms with Gasteiger partial charge in [-0.3, -0.25) is 4.98 Å². The number of methoxy groups -OCH3 is 1. The van der Waals surface area contributed by atoms with Gasteiger partial charge in [-0.2, -0.15) is 0 Å². The molecular weight excluding hydrogens is 262 g/mol. The molecule has 1 aromatic heterocycles. The largest absolute Gasteiger partial charge is 0.497 e. The summed E-state index contributed by atoms with van der Waals surface area (Å²) >= 11 is 0. The topological polar surface area (TPSA) is 60.2 Å². The Morgan fingerprint density at radius 3 is 2.71 bits per heavy atom. The van der Waals surface area contributed by atoms with Crippen LogP contribution < -0.4 is 15.8 Å². The van der Waals surface area contributed by atoms with Crippen LogP contribution in [-0.4, -0.2) is 12.1 Å². The number of hydrogen-bond donors (Lipinski definition) is 2. The summed E-state index contributed by atoms with van der Waals surface area (Å²) in [5.41, 5.74) is 10.4. The summed E-state index contributed by atoms with van der Waals surface area (Å²) in [5, 5.41) is 4.42. The average Bonchev–Trinajstić information content (AvgIpc) is 2.47. The molecule has 0 fully saturated rings. The summed E-state index contributed by atoms with van der Waals surface area (Å²) in [6, 6.07) is 15.6. The number of hydrogen-bond acceptors (Lipinski definition) is 4. The molecule has 0 radical (unpaired) electrons. The number of pyridine rings is 1. The molecule has 0 saturated heterocycles. The highest BCUT2D eigenvalue weighted by atomic mass is 16.5. The van der Waals surface area contributed by atoms with E-state index in [1.54, 1.807) is 7.11 Å². The smallest absolute Gasteiger partial charge is 0.119 e. The molecule has 21 heavy (non-hydrogen) atoms. The summed E-state index contributed by atoms with van der Waals surface area (Å²) in [6.45, 7) is 1.98. The highest BCUT2D eigenvalue weighted by Crippen LogP contribution is 2.29. The highest BCUT2D eigenvalue weighted by molar-refractivity contribution is 5.94. The first kappa shape index (κ1) is 13.2. The van der Waals surface area contributed by atoms with E-state index >= 15 is 0 Å². The van der Waals surface area contributed by atoms with Crippen LogP contribution in [0, 0.1) is 6.92 Å². The maximum Gasteiger partial charge on any atom is 0.119 e. The molecule has 0 spiro atoms. The van der Waals surface area contributed by atoms with Gasteiger partial charge in [0.15, 0.2) is 0 Å². The fraction of sp³-hybridized carbons (Fsp3) is 0.118. The zero-order chi connectivity index (χ0) is 14.8. The maximum absolute atomic E-state index is 5.83. The Hall–Kier alpha value is -2.75. The Morgan fingerprint density at radius 2 is 1.95 bits per heavy atom. The minimum atomic E-state index is 0.729. The van der Waals surface area contributed by atoms with Crippen LogP contribution in [0.4, 0.5) is 17.1 Å². The number of aryl methyl sites for hydroxylation is 1. The van der Waals surface area contributed by atoms with Crippen LogP contribution >= 0.6 is 0 Å². The lowest BCUT2D eigenvalue weighted by Gasteiger charge is -2.12. The molecule has 1 heterocycles. The summed E-state index contributed by atoms with van der Waals surface area (Å²) in [6.07, 6.45) is 0. The molecule has 4 heteroatoms. The number of nitrogens with two attached hydrogens (primary N) is 1. The third kappa shape index (κ3) is 2.74. The molecule has 0 aliphatic heterocycles. The predicted molar refractivity (Wildman–Crippen MR) is 87.2 cm³/mol. The Kier molecular flexibility index (Phi) is 3.36. The number of benzene rings is 2. The van der Waals surface area contributed by atoms with E-state index in [2.05, 4.69) is 10.3 Å². The van der Waals surface area contributed by atoms with Gasteiger partial charge in [-0.05, 0) is 49.4 Å². The zero-order valence-electron chi connectivity index (χ0n) is 12.1. The number of rotatable bonds is 3. The molecule has 0 amide bonds. The van der Waals surface area contributed by atoms with E-state index in [0.717, 1.165) is 39.4 Å². The van der Waals surface area contributed by atoms with Gasteiger partial charge in [-0.25, -0.2) is 0 Å². The lowest BCUT2D eigenvalue weighted by atomic mass is 10.1. The maximum atomic E-state index is 5.83. The van der Waals surface area contributed by atoms with Crippen molar-refractivity contribution in [3.05, 3.63) is 54.2 Å². The van der Waals surface area contributed by atoms with Crippen LogP contribution in [0.5, 0.6) is 5.75 Å². The number of anilines is 3. The van der Waals surface area contributed by atoms with Crippen molar-refractivity contribution in [2.24, 2.45) is 0 Å². The lowest BCUT2D eigenvalue weighted by Crippen LogP contribution is -1.96. The molecule has 0 bridgehead atoms. The second-order valence-corrected chi connectivity index (χ2v) is 4.94. The Bertz CT molecular complexity index is 799. The van der Waals surface area contributed by atoms with Crippen molar-refractivity contribution < 1.29 is 4.74 Å². The monoisotopic (exact) mass is 279 g/mol. The summed E-state index contributed by atoms with van der Waals surface area (Å²) in [7, 11) is 1.66. The first-order valence-corrected chi connectivity index (χ1v) is 6.74. The highest BCUT2D eigenvalue weighted by Gasteiger charge is 2.06. The van der Waals surface area contributed by atoms with Gasteiger partial charge >= 0.3 is 0 Å². The molecule has 2 aromatic carbocycles. The average molecular weight is 279 g/mol. The van der Waals surface area contributed by atoms with Crippen molar-refractivity contribution in [1.29, 1.82) is 0 Å². The summed E-state index contributed by atoms with van der Waals surface area (Å²) < 4.78 is 5.30. The van der Waals surface area contributed by atoms with Crippen LogP contribution in [0.25, 0.3) is 10.9 Å². The van der Waals surface area contributed by atoms with E-state index < -0.39 is 0 Å². The molecule has 4 nitrogen and oxygen atoms in total. The molecule has 106 valence electrons. The van der Waals surface area contributed by atoms with E-state index in [4.69, 9.17) is 10.5 Å². The van der Waals surface area contributed by atoms with Gasteiger partial charge in [-0.15, -0.1) is 0 Å². The molecular formula is C17H17N3O. The van der Waals surface area contributed by atoms with Crippen molar-refractivity contribution in [3.63, 3.8) is 0 Å². The van der Waals surface area contributed by atoms with E-state index in [1.165, 1.54) is 0 Å². The van der Waals surface area contributed by atoms with Gasteiger partial charge in [-0.1, -0.05) is 6.07 Å². The fourth-order valence-electron chi connectivity index (χ4n) is 2.34. The van der Waals surface area contributed by atoms with E-state index in [0.29, 0.717) is 0 Å². The van der Waals surface area contributed by atoms with Gasteiger partial charge in [0.2, 0.25) is 0 Å². The molecule has 3 N–H and O–H groups in total. The van der Waals surface area contributed by atoms with E-state index in [9.17, 15) is 0 Å². The molecule has 0 saturated carbocycles. The molecule has 3 rings (SSSR count). The standard InChI is InChI=1S/C17H17N3O/c1-11-8-17(20-13-5-3-4-12(18)9-13)15-10-14(21-2)6-7-16(15)19-11/h3-10H,18H2,1-2H3,(H,19,20). The first-order chi connectivity index (χ1) is 10.2. The number of fused-ring (bicyclic) bond motifs is 1. The van der Waals surface area contributed by atoms with Crippen LogP contribution in [-0.2, 0) is 0 Å². The third-order valence-corrected chi connectivity index (χ3v) is 3.31. The van der Waals surface area contributed by atoms with Gasteiger partial charge in [0, 0.05) is 28.1 Å². The normalized spacial score (nSPS) is 10.6. The van der Waals surface area contributed by atoms with Crippen LogP contribution in [0.15, 0.2) is 48.5 Å². The van der Waals surface area contributed by atoms with Crippen LogP contribution in [0.3, 0.4) is 0 Å². The van der Waals surface area contributed by atoms with Crippen LogP contribution in [0.2, 0.25) is 0 Å². The van der Waals surface area contributed by atoms with Crippen molar-refractivity contribution in [2.75, 3.05) is 18.2 Å². The number of nitrogens with zero attached hydrogens (tertiary/aromatic N) is 1. The van der Waals surface area contributed by atoms with Gasteiger partial charge in [0.05, 0.1) is 12.6 Å². The Labute approximate surface area is 123 Å². The number of nitrogens with one attached hydrogen (secondary N) is 1. The summed E-state index contributed by atoms with van der Waals surface area (Å²) in [5.74, 6) is 0.809. The molecule has 0 aliphatic rings. The third-order valence-electron chi connectivity index (χ3n) is 3.31.